The Balaban J connectivity index is 1.62. The molecule has 1 N–H and O–H groups in total. The van der Waals surface area contributed by atoms with Crippen LogP contribution in [0.4, 0.5) is 14.5 Å². The fourth-order valence-electron chi connectivity index (χ4n) is 4.46. The lowest BCUT2D eigenvalue weighted by atomic mass is 9.77. The molecule has 3 aromatic carbocycles. The number of hydrogen-bond acceptors (Lipinski definition) is 2. The van der Waals surface area contributed by atoms with Gasteiger partial charge in [-0.05, 0) is 78.8 Å². The molecule has 0 radical (unpaired) electrons. The first-order valence-electron chi connectivity index (χ1n) is 10.7. The van der Waals surface area contributed by atoms with Crippen molar-refractivity contribution < 1.29 is 17.2 Å². The first kappa shape index (κ1) is 22.4. The van der Waals surface area contributed by atoms with Crippen LogP contribution in [0.2, 0.25) is 0 Å². The summed E-state index contributed by atoms with van der Waals surface area (Å²) in [6.45, 7) is 2.66. The van der Waals surface area contributed by atoms with E-state index in [2.05, 4.69) is 4.72 Å². The van der Waals surface area contributed by atoms with E-state index in [4.69, 9.17) is 0 Å². The Bertz CT molecular complexity index is 1120. The van der Waals surface area contributed by atoms with Gasteiger partial charge in [-0.25, -0.2) is 8.78 Å². The standard InChI is InChI=1S/C25H26F2N2O2S/c1-18-4-2-6-24(16-18)28-32(30,31)29-15-3-5-21(17-29)25(19-7-11-22(26)12-8-19)20-9-13-23(27)14-10-20/h2,4,6-14,16,21,25,28H,3,5,15,17H2,1H3. The van der Waals surface area contributed by atoms with Gasteiger partial charge in [0.1, 0.15) is 11.6 Å². The van der Waals surface area contributed by atoms with Gasteiger partial charge in [-0.15, -0.1) is 0 Å². The van der Waals surface area contributed by atoms with E-state index in [9.17, 15) is 17.2 Å². The number of aryl methyl sites for hydroxylation is 1. The number of hydrogen-bond donors (Lipinski definition) is 1. The van der Waals surface area contributed by atoms with Crippen LogP contribution in [0.1, 0.15) is 35.4 Å². The summed E-state index contributed by atoms with van der Waals surface area (Å²) in [6, 6.07) is 19.8. The van der Waals surface area contributed by atoms with Crippen LogP contribution in [0.15, 0.2) is 72.8 Å². The van der Waals surface area contributed by atoms with Gasteiger partial charge in [-0.3, -0.25) is 4.72 Å². The smallest absolute Gasteiger partial charge is 0.271 e. The summed E-state index contributed by atoms with van der Waals surface area (Å²) in [5, 5.41) is 0. The molecule has 4 nitrogen and oxygen atoms in total. The number of benzene rings is 3. The molecule has 1 atom stereocenters. The average molecular weight is 457 g/mol. The van der Waals surface area contributed by atoms with Crippen LogP contribution in [0.25, 0.3) is 0 Å². The molecular weight excluding hydrogens is 430 g/mol. The maximum Gasteiger partial charge on any atom is 0.301 e. The molecule has 1 unspecified atom stereocenters. The van der Waals surface area contributed by atoms with E-state index in [1.165, 1.54) is 28.6 Å². The Kier molecular flexibility index (Phi) is 6.58. The van der Waals surface area contributed by atoms with Crippen molar-refractivity contribution >= 4 is 15.9 Å². The number of halogens is 2. The molecule has 7 heteroatoms. The van der Waals surface area contributed by atoms with Crippen molar-refractivity contribution in [2.24, 2.45) is 5.92 Å². The first-order valence-corrected chi connectivity index (χ1v) is 12.1. The summed E-state index contributed by atoms with van der Waals surface area (Å²) in [5.74, 6) is -0.870. The molecule has 32 heavy (non-hydrogen) atoms. The molecule has 1 fully saturated rings. The zero-order valence-corrected chi connectivity index (χ0v) is 18.7. The van der Waals surface area contributed by atoms with E-state index in [1.807, 2.05) is 19.1 Å². The number of nitrogens with one attached hydrogen (secondary N) is 1. The molecular formula is C25H26F2N2O2S. The van der Waals surface area contributed by atoms with Crippen LogP contribution in [-0.2, 0) is 10.2 Å². The fraction of sp³-hybridized carbons (Fsp3) is 0.280. The number of anilines is 1. The highest BCUT2D eigenvalue weighted by Gasteiger charge is 2.34. The number of nitrogens with zero attached hydrogens (tertiary/aromatic N) is 1. The van der Waals surface area contributed by atoms with E-state index in [1.54, 1.807) is 36.4 Å². The first-order chi connectivity index (χ1) is 15.3. The van der Waals surface area contributed by atoms with Crippen molar-refractivity contribution in [2.45, 2.75) is 25.7 Å². The molecule has 0 saturated carbocycles. The summed E-state index contributed by atoms with van der Waals surface area (Å²) < 4.78 is 57.5. The van der Waals surface area contributed by atoms with Gasteiger partial charge in [-0.2, -0.15) is 12.7 Å². The largest absolute Gasteiger partial charge is 0.301 e. The van der Waals surface area contributed by atoms with Crippen LogP contribution in [-0.4, -0.2) is 25.8 Å². The third-order valence-electron chi connectivity index (χ3n) is 5.96. The predicted octanol–water partition coefficient (Wildman–Crippen LogP) is 5.47. The van der Waals surface area contributed by atoms with E-state index < -0.39 is 10.2 Å². The molecule has 3 aromatic rings. The van der Waals surface area contributed by atoms with Crippen molar-refractivity contribution in [3.05, 3.63) is 101 Å². The Hall–Kier alpha value is -2.77. The molecule has 168 valence electrons. The maximum absolute atomic E-state index is 13.6. The summed E-state index contributed by atoms with van der Waals surface area (Å²) in [6.07, 6.45) is 1.52. The highest BCUT2D eigenvalue weighted by atomic mass is 32.2. The number of piperidine rings is 1. The predicted molar refractivity (Wildman–Crippen MR) is 123 cm³/mol. The summed E-state index contributed by atoms with van der Waals surface area (Å²) in [5.41, 5.74) is 3.26. The van der Waals surface area contributed by atoms with Gasteiger partial charge in [0.05, 0.1) is 5.69 Å². The number of rotatable bonds is 6. The van der Waals surface area contributed by atoms with Gasteiger partial charge in [0.15, 0.2) is 0 Å². The Labute approximate surface area is 188 Å². The third kappa shape index (κ3) is 5.16. The van der Waals surface area contributed by atoms with Crippen LogP contribution in [0.5, 0.6) is 0 Å². The lowest BCUT2D eigenvalue weighted by Gasteiger charge is -2.37. The Morgan fingerprint density at radius 1 is 0.938 bits per heavy atom. The SMILES string of the molecule is Cc1cccc(NS(=O)(=O)N2CCCC(C(c3ccc(F)cc3)c3ccc(F)cc3)C2)c1. The summed E-state index contributed by atoms with van der Waals surface area (Å²) in [7, 11) is -3.73. The Morgan fingerprint density at radius 2 is 1.53 bits per heavy atom. The molecule has 0 aromatic heterocycles. The van der Waals surface area contributed by atoms with Crippen LogP contribution in [0.3, 0.4) is 0 Å². The Morgan fingerprint density at radius 3 is 2.09 bits per heavy atom. The zero-order chi connectivity index (χ0) is 22.7. The normalized spacial score (nSPS) is 17.4. The highest BCUT2D eigenvalue weighted by Crippen LogP contribution is 2.38. The monoisotopic (exact) mass is 456 g/mol. The second kappa shape index (κ2) is 9.38. The molecule has 1 aliphatic rings. The lowest BCUT2D eigenvalue weighted by molar-refractivity contribution is 0.250. The van der Waals surface area contributed by atoms with E-state index in [0.717, 1.165) is 23.1 Å². The summed E-state index contributed by atoms with van der Waals surface area (Å²) in [4.78, 5) is 0. The van der Waals surface area contributed by atoms with Crippen molar-refractivity contribution in [3.8, 4) is 0 Å². The molecule has 1 aliphatic heterocycles. The highest BCUT2D eigenvalue weighted by molar-refractivity contribution is 7.90. The average Bonchev–Trinajstić information content (AvgIpc) is 2.77. The van der Waals surface area contributed by atoms with Gasteiger partial charge in [0.2, 0.25) is 0 Å². The zero-order valence-electron chi connectivity index (χ0n) is 17.8. The molecule has 0 bridgehead atoms. The fourth-order valence-corrected chi connectivity index (χ4v) is 5.77. The van der Waals surface area contributed by atoms with Crippen LogP contribution >= 0.6 is 0 Å². The van der Waals surface area contributed by atoms with Gasteiger partial charge in [0, 0.05) is 19.0 Å². The van der Waals surface area contributed by atoms with Crippen molar-refractivity contribution in [1.82, 2.24) is 4.31 Å². The second-order valence-corrected chi connectivity index (χ2v) is 9.99. The van der Waals surface area contributed by atoms with Crippen LogP contribution < -0.4 is 4.72 Å². The topological polar surface area (TPSA) is 49.4 Å². The molecule has 0 amide bonds. The minimum Gasteiger partial charge on any atom is -0.271 e. The van der Waals surface area contributed by atoms with Gasteiger partial charge in [0.25, 0.3) is 0 Å². The van der Waals surface area contributed by atoms with Crippen LogP contribution in [0, 0.1) is 24.5 Å². The third-order valence-corrected chi connectivity index (χ3v) is 7.46. The van der Waals surface area contributed by atoms with Gasteiger partial charge >= 0.3 is 10.2 Å². The summed E-state index contributed by atoms with van der Waals surface area (Å²) >= 11 is 0. The van der Waals surface area contributed by atoms with E-state index >= 15 is 0 Å². The van der Waals surface area contributed by atoms with Crippen molar-refractivity contribution in [1.29, 1.82) is 0 Å². The molecule has 0 aliphatic carbocycles. The van der Waals surface area contributed by atoms with E-state index in [0.29, 0.717) is 25.2 Å². The van der Waals surface area contributed by atoms with Gasteiger partial charge in [-0.1, -0.05) is 36.4 Å². The van der Waals surface area contributed by atoms with Crippen molar-refractivity contribution in [2.75, 3.05) is 17.8 Å². The quantitative estimate of drug-likeness (QED) is 0.534. The minimum absolute atomic E-state index is 0.0336. The minimum atomic E-state index is -3.73. The second-order valence-electron chi connectivity index (χ2n) is 8.32. The molecule has 0 spiro atoms. The molecule has 4 rings (SSSR count). The van der Waals surface area contributed by atoms with Gasteiger partial charge < -0.3 is 0 Å². The van der Waals surface area contributed by atoms with E-state index in [-0.39, 0.29) is 23.5 Å². The van der Waals surface area contributed by atoms with Crippen molar-refractivity contribution in [3.63, 3.8) is 0 Å². The lowest BCUT2D eigenvalue weighted by Crippen LogP contribution is -2.44. The molecule has 1 heterocycles. The maximum atomic E-state index is 13.6. The molecule has 1 saturated heterocycles.